The second-order valence-electron chi connectivity index (χ2n) is 9.32. The molecule has 0 radical (unpaired) electrons. The van der Waals surface area contributed by atoms with E-state index >= 15 is 0 Å². The first-order valence-corrected chi connectivity index (χ1v) is 12.8. The fraction of sp³-hybridized carbons (Fsp3) is 0.667. The third kappa shape index (κ3) is 5.46. The molecule has 1 aliphatic carbocycles. The molecule has 174 valence electrons. The average molecular weight is 457 g/mol. The molecule has 2 aliphatic rings. The van der Waals surface area contributed by atoms with Gasteiger partial charge in [0.2, 0.25) is 5.91 Å². The maximum absolute atomic E-state index is 13.1. The lowest BCUT2D eigenvalue weighted by molar-refractivity contribution is -0.134. The number of likely N-dealkylation sites (N-methyl/N-ethyl adjacent to an activating group) is 1. The van der Waals surface area contributed by atoms with Crippen LogP contribution in [0, 0.1) is 20.8 Å². The van der Waals surface area contributed by atoms with E-state index in [1.807, 2.05) is 31.9 Å². The third-order valence-electron chi connectivity index (χ3n) is 6.90. The summed E-state index contributed by atoms with van der Waals surface area (Å²) in [7, 11) is 1.99. The van der Waals surface area contributed by atoms with E-state index in [4.69, 9.17) is 9.97 Å². The first-order valence-electron chi connectivity index (χ1n) is 12.0. The van der Waals surface area contributed by atoms with Gasteiger partial charge in [-0.25, -0.2) is 15.0 Å². The van der Waals surface area contributed by atoms with E-state index in [1.165, 1.54) is 24.1 Å². The molecule has 1 saturated carbocycles. The molecule has 0 bridgehead atoms. The predicted octanol–water partition coefficient (Wildman–Crippen LogP) is 4.92. The minimum atomic E-state index is 0.0765. The monoisotopic (exact) mass is 456 g/mol. The normalized spacial score (nSPS) is 20.3. The van der Waals surface area contributed by atoms with Gasteiger partial charge in [-0.15, -0.1) is 11.3 Å². The molecule has 32 heavy (non-hydrogen) atoms. The van der Waals surface area contributed by atoms with Crippen LogP contribution >= 0.6 is 11.3 Å². The van der Waals surface area contributed by atoms with Gasteiger partial charge in [-0.05, 0) is 53.0 Å². The van der Waals surface area contributed by atoms with Crippen molar-refractivity contribution in [2.45, 2.75) is 84.2 Å². The molecule has 2 aromatic rings. The van der Waals surface area contributed by atoms with Crippen LogP contribution in [0.25, 0.3) is 0 Å². The van der Waals surface area contributed by atoms with Crippen molar-refractivity contribution in [2.24, 2.45) is 0 Å². The van der Waals surface area contributed by atoms with Crippen molar-refractivity contribution in [3.8, 4) is 0 Å². The number of hydrogen-bond donors (Lipinski definition) is 1. The topological polar surface area (TPSA) is 74.2 Å². The largest absolute Gasteiger partial charge is 0.342 e. The number of carbonyl (C=O) groups excluding carboxylic acids is 1. The Morgan fingerprint density at radius 1 is 1.09 bits per heavy atom. The van der Waals surface area contributed by atoms with Crippen LogP contribution in [0.3, 0.4) is 0 Å². The van der Waals surface area contributed by atoms with Crippen molar-refractivity contribution in [2.75, 3.05) is 25.5 Å². The summed E-state index contributed by atoms with van der Waals surface area (Å²) in [6, 6.07) is 2.44. The van der Waals surface area contributed by atoms with Crippen LogP contribution < -0.4 is 5.32 Å². The number of carbonyl (C=O) groups is 1. The minimum Gasteiger partial charge on any atom is -0.342 e. The Morgan fingerprint density at radius 3 is 2.56 bits per heavy atom. The van der Waals surface area contributed by atoms with Gasteiger partial charge in [0.15, 0.2) is 5.13 Å². The molecule has 2 fully saturated rings. The molecule has 1 unspecified atom stereocenters. The van der Waals surface area contributed by atoms with Gasteiger partial charge in [-0.3, -0.25) is 9.69 Å². The number of anilines is 2. The van der Waals surface area contributed by atoms with Crippen molar-refractivity contribution in [3.05, 3.63) is 28.2 Å². The van der Waals surface area contributed by atoms with Crippen molar-refractivity contribution < 1.29 is 4.79 Å². The Kier molecular flexibility index (Phi) is 7.40. The maximum atomic E-state index is 13.1. The van der Waals surface area contributed by atoms with Gasteiger partial charge in [0.25, 0.3) is 0 Å². The Morgan fingerprint density at radius 2 is 1.84 bits per heavy atom. The highest BCUT2D eigenvalue weighted by molar-refractivity contribution is 7.15. The third-order valence-corrected chi connectivity index (χ3v) is 7.89. The van der Waals surface area contributed by atoms with Gasteiger partial charge in [-0.2, -0.15) is 0 Å². The standard InChI is InChI=1S/C24H36N6OS/c1-16-14-21(28-24-26-17(2)18(3)32-24)27-23(25-16)20-12-8-9-13-30(20)15-22(31)29(4)19-10-6-5-7-11-19/h14,19-20H,5-13,15H2,1-4H3,(H,25,26,27,28). The van der Waals surface area contributed by atoms with Gasteiger partial charge < -0.3 is 10.2 Å². The summed E-state index contributed by atoms with van der Waals surface area (Å²) >= 11 is 1.64. The summed E-state index contributed by atoms with van der Waals surface area (Å²) in [6.07, 6.45) is 9.28. The van der Waals surface area contributed by atoms with E-state index in [0.29, 0.717) is 12.6 Å². The van der Waals surface area contributed by atoms with E-state index in [-0.39, 0.29) is 11.9 Å². The summed E-state index contributed by atoms with van der Waals surface area (Å²) in [5.74, 6) is 1.81. The molecular weight excluding hydrogens is 420 g/mol. The molecule has 1 N–H and O–H groups in total. The molecule has 4 rings (SSSR count). The zero-order valence-electron chi connectivity index (χ0n) is 19.9. The highest BCUT2D eigenvalue weighted by Crippen LogP contribution is 2.31. The van der Waals surface area contributed by atoms with Crippen LogP contribution in [0.15, 0.2) is 6.07 Å². The fourth-order valence-electron chi connectivity index (χ4n) is 4.87. The fourth-order valence-corrected chi connectivity index (χ4v) is 5.69. The number of rotatable bonds is 6. The maximum Gasteiger partial charge on any atom is 0.236 e. The van der Waals surface area contributed by atoms with Crippen LogP contribution in [0.4, 0.5) is 10.9 Å². The highest BCUT2D eigenvalue weighted by Gasteiger charge is 2.30. The molecule has 7 nitrogen and oxygen atoms in total. The molecule has 0 spiro atoms. The zero-order chi connectivity index (χ0) is 22.7. The molecule has 8 heteroatoms. The number of likely N-dealkylation sites (tertiary alicyclic amines) is 1. The SMILES string of the molecule is Cc1cc(Nc2nc(C)c(C)s2)nc(C2CCCCN2CC(=O)N(C)C2CCCCC2)n1. The molecular formula is C24H36N6OS. The molecule has 1 saturated heterocycles. The second-order valence-corrected chi connectivity index (χ2v) is 10.5. The number of hydrogen-bond acceptors (Lipinski definition) is 7. The van der Waals surface area contributed by atoms with Crippen molar-refractivity contribution in [3.63, 3.8) is 0 Å². The van der Waals surface area contributed by atoms with Crippen molar-refractivity contribution in [1.29, 1.82) is 0 Å². The van der Waals surface area contributed by atoms with E-state index < -0.39 is 0 Å². The smallest absolute Gasteiger partial charge is 0.236 e. The second kappa shape index (κ2) is 10.3. The van der Waals surface area contributed by atoms with Crippen molar-refractivity contribution >= 4 is 28.2 Å². The van der Waals surface area contributed by atoms with Gasteiger partial charge in [0.1, 0.15) is 11.6 Å². The molecule has 3 heterocycles. The predicted molar refractivity (Wildman–Crippen MR) is 129 cm³/mol. The summed E-state index contributed by atoms with van der Waals surface area (Å²) in [5.41, 5.74) is 1.97. The zero-order valence-corrected chi connectivity index (χ0v) is 20.7. The van der Waals surface area contributed by atoms with Gasteiger partial charge in [-0.1, -0.05) is 25.7 Å². The molecule has 1 aliphatic heterocycles. The number of aryl methyl sites for hydroxylation is 3. The van der Waals surface area contributed by atoms with E-state index in [1.54, 1.807) is 11.3 Å². The number of aromatic nitrogens is 3. The first-order chi connectivity index (χ1) is 15.4. The van der Waals surface area contributed by atoms with Gasteiger partial charge in [0, 0.05) is 29.7 Å². The summed E-state index contributed by atoms with van der Waals surface area (Å²) in [4.78, 5) is 32.8. The molecule has 1 amide bonds. The van der Waals surface area contributed by atoms with Crippen LogP contribution in [-0.4, -0.2) is 56.8 Å². The first kappa shape index (κ1) is 23.1. The summed E-state index contributed by atoms with van der Waals surface area (Å²) in [6.45, 7) is 7.47. The molecule has 0 aromatic carbocycles. The molecule has 1 atom stereocenters. The molecule has 2 aromatic heterocycles. The highest BCUT2D eigenvalue weighted by atomic mass is 32.1. The van der Waals surface area contributed by atoms with E-state index in [2.05, 4.69) is 22.1 Å². The van der Waals surface area contributed by atoms with Crippen LogP contribution in [0.5, 0.6) is 0 Å². The van der Waals surface area contributed by atoms with Crippen LogP contribution in [0.2, 0.25) is 0 Å². The van der Waals surface area contributed by atoms with Crippen LogP contribution in [0.1, 0.15) is 79.5 Å². The Labute approximate surface area is 195 Å². The number of nitrogens with one attached hydrogen (secondary N) is 1. The quantitative estimate of drug-likeness (QED) is 0.665. The lowest BCUT2D eigenvalue weighted by Gasteiger charge is -2.37. The number of nitrogens with zero attached hydrogens (tertiary/aromatic N) is 5. The van der Waals surface area contributed by atoms with E-state index in [0.717, 1.165) is 66.8 Å². The van der Waals surface area contributed by atoms with E-state index in [9.17, 15) is 4.79 Å². The van der Waals surface area contributed by atoms with Crippen molar-refractivity contribution in [1.82, 2.24) is 24.8 Å². The Balaban J connectivity index is 1.49. The number of thiazole rings is 1. The lowest BCUT2D eigenvalue weighted by Crippen LogP contribution is -2.46. The number of amides is 1. The Bertz CT molecular complexity index is 919. The minimum absolute atomic E-state index is 0.0765. The van der Waals surface area contributed by atoms with Gasteiger partial charge in [0.05, 0.1) is 18.3 Å². The number of piperidine rings is 1. The Hall–Kier alpha value is -2.06. The average Bonchev–Trinajstić information content (AvgIpc) is 3.10. The lowest BCUT2D eigenvalue weighted by atomic mass is 9.94. The van der Waals surface area contributed by atoms with Gasteiger partial charge >= 0.3 is 0 Å². The summed E-state index contributed by atoms with van der Waals surface area (Å²) < 4.78 is 0. The summed E-state index contributed by atoms with van der Waals surface area (Å²) in [5, 5.41) is 4.22. The van der Waals surface area contributed by atoms with Crippen LogP contribution in [-0.2, 0) is 4.79 Å².